The quantitative estimate of drug-likeness (QED) is 0.157. The Kier molecular flexibility index (Phi) is 7.13. The third-order valence-electron chi connectivity index (χ3n) is 12.9. The molecule has 0 radical (unpaired) electrons. The van der Waals surface area contributed by atoms with E-state index in [9.17, 15) is 0 Å². The summed E-state index contributed by atoms with van der Waals surface area (Å²) in [6, 6.07) is 78.0. The van der Waals surface area contributed by atoms with Crippen molar-refractivity contribution in [3.05, 3.63) is 223 Å². The molecule has 0 atom stereocenters. The molecule has 14 rings (SSSR count). The van der Waals surface area contributed by atoms with E-state index >= 15 is 0 Å². The van der Waals surface area contributed by atoms with Crippen molar-refractivity contribution in [3.8, 4) is 5.69 Å². The first kappa shape index (κ1) is 33.2. The number of aromatic nitrogens is 1. The van der Waals surface area contributed by atoms with Crippen molar-refractivity contribution < 1.29 is 0 Å². The van der Waals surface area contributed by atoms with Gasteiger partial charge in [-0.15, -0.1) is 0 Å². The van der Waals surface area contributed by atoms with Gasteiger partial charge in [-0.1, -0.05) is 121 Å². The number of hydrogen-bond donors (Lipinski definition) is 0. The van der Waals surface area contributed by atoms with Crippen molar-refractivity contribution in [2.45, 2.75) is 6.42 Å². The van der Waals surface area contributed by atoms with Crippen LogP contribution in [-0.4, -0.2) is 11.3 Å². The van der Waals surface area contributed by atoms with Crippen LogP contribution in [0, 0.1) is 0 Å². The molecule has 0 N–H and O–H groups in total. The van der Waals surface area contributed by atoms with E-state index < -0.39 is 0 Å². The minimum Gasteiger partial charge on any atom is -0.311 e. The maximum Gasteiger partial charge on any atom is 0.252 e. The van der Waals surface area contributed by atoms with E-state index in [2.05, 4.69) is 232 Å². The highest BCUT2D eigenvalue weighted by molar-refractivity contribution is 7.00. The number of fused-ring (bicyclic) bond motifs is 5. The van der Waals surface area contributed by atoms with Crippen molar-refractivity contribution in [1.82, 2.24) is 4.57 Å². The third-order valence-corrected chi connectivity index (χ3v) is 12.9. The van der Waals surface area contributed by atoms with Crippen LogP contribution in [-0.2, 0) is 6.42 Å². The lowest BCUT2D eigenvalue weighted by Crippen LogP contribution is -2.62. The molecule has 2 aliphatic heterocycles. The van der Waals surface area contributed by atoms with Crippen LogP contribution in [0.2, 0.25) is 0 Å². The van der Waals surface area contributed by atoms with Crippen molar-refractivity contribution in [2.24, 2.45) is 0 Å². The molecule has 3 heterocycles. The molecule has 10 aromatic rings. The summed E-state index contributed by atoms with van der Waals surface area (Å²) in [5.41, 5.74) is 21.0. The molecule has 280 valence electrons. The Balaban J connectivity index is 1.09. The fraction of sp³-hybridized carbons (Fsp3) is 0.0182. The number of para-hydroxylation sites is 6. The second-order valence-electron chi connectivity index (χ2n) is 16.1. The largest absolute Gasteiger partial charge is 0.311 e. The molecule has 2 aliphatic carbocycles. The number of rotatable bonds is 6. The lowest BCUT2D eigenvalue weighted by atomic mass is 9.32. The molecule has 0 spiro atoms. The van der Waals surface area contributed by atoms with E-state index in [1.807, 2.05) is 0 Å². The van der Waals surface area contributed by atoms with Crippen LogP contribution in [0.25, 0.3) is 27.5 Å². The molecule has 0 amide bonds. The SMILES string of the molecule is c1ccc(N2c3cc(N(c4ccccc4)c4cccc5c6ccccc6n(-c6ccccc6)c45)ccc3B3c4c5cc(cc4N(c4ccccc4)c4cccc2c43)C5)cc1. The first-order valence-corrected chi connectivity index (χ1v) is 20.9. The number of benzene rings is 9. The summed E-state index contributed by atoms with van der Waals surface area (Å²) in [6.45, 7) is 0.0775. The van der Waals surface area contributed by atoms with Crippen LogP contribution in [0.15, 0.2) is 212 Å². The van der Waals surface area contributed by atoms with E-state index in [0.717, 1.165) is 34.9 Å². The Bertz CT molecular complexity index is 3310. The second kappa shape index (κ2) is 12.9. The smallest absolute Gasteiger partial charge is 0.252 e. The Hall–Kier alpha value is -7.76. The van der Waals surface area contributed by atoms with Gasteiger partial charge in [-0.3, -0.25) is 0 Å². The average molecular weight is 765 g/mol. The number of hydrogen-bond acceptors (Lipinski definition) is 3. The van der Waals surface area contributed by atoms with Gasteiger partial charge in [-0.05, 0) is 125 Å². The molecule has 60 heavy (non-hydrogen) atoms. The summed E-state index contributed by atoms with van der Waals surface area (Å²) < 4.78 is 2.44. The van der Waals surface area contributed by atoms with E-state index in [-0.39, 0.29) is 6.71 Å². The summed E-state index contributed by atoms with van der Waals surface area (Å²) in [4.78, 5) is 7.47. The monoisotopic (exact) mass is 764 g/mol. The molecule has 4 nitrogen and oxygen atoms in total. The maximum atomic E-state index is 2.51. The van der Waals surface area contributed by atoms with Gasteiger partial charge in [-0.2, -0.15) is 0 Å². The van der Waals surface area contributed by atoms with Crippen molar-refractivity contribution in [3.63, 3.8) is 0 Å². The molecule has 5 heteroatoms. The Morgan fingerprint density at radius 1 is 0.417 bits per heavy atom. The average Bonchev–Trinajstić information content (AvgIpc) is 3.65. The zero-order valence-electron chi connectivity index (χ0n) is 32.8. The summed E-state index contributed by atoms with van der Waals surface area (Å²) in [7, 11) is 0. The minimum atomic E-state index is 0.0775. The molecule has 4 aliphatic rings. The first-order chi connectivity index (χ1) is 29.8. The Morgan fingerprint density at radius 2 is 1.00 bits per heavy atom. The highest BCUT2D eigenvalue weighted by Gasteiger charge is 2.45. The normalized spacial score (nSPS) is 13.2. The fourth-order valence-corrected chi connectivity index (χ4v) is 10.4. The molecule has 9 aromatic carbocycles. The van der Waals surface area contributed by atoms with Crippen molar-refractivity contribution in [2.75, 3.05) is 14.7 Å². The van der Waals surface area contributed by atoms with Crippen LogP contribution in [0.5, 0.6) is 0 Å². The number of nitrogens with zero attached hydrogens (tertiary/aromatic N) is 4. The van der Waals surface area contributed by atoms with Crippen LogP contribution in [0.1, 0.15) is 11.1 Å². The zero-order valence-corrected chi connectivity index (χ0v) is 32.8. The second-order valence-corrected chi connectivity index (χ2v) is 16.1. The van der Waals surface area contributed by atoms with E-state index in [4.69, 9.17) is 0 Å². The molecular weight excluding hydrogens is 727 g/mol. The van der Waals surface area contributed by atoms with E-state index in [1.54, 1.807) is 0 Å². The highest BCUT2D eigenvalue weighted by atomic mass is 15.2. The van der Waals surface area contributed by atoms with Gasteiger partial charge in [-0.25, -0.2) is 0 Å². The van der Waals surface area contributed by atoms with Crippen LogP contribution < -0.4 is 31.1 Å². The van der Waals surface area contributed by atoms with Gasteiger partial charge in [0.05, 0.1) is 16.7 Å². The van der Waals surface area contributed by atoms with Gasteiger partial charge in [0.1, 0.15) is 0 Å². The topological polar surface area (TPSA) is 14.7 Å². The van der Waals surface area contributed by atoms with Crippen molar-refractivity contribution in [1.29, 1.82) is 0 Å². The lowest BCUT2D eigenvalue weighted by molar-refractivity contribution is 1.09. The maximum absolute atomic E-state index is 2.51. The molecule has 0 fully saturated rings. The van der Waals surface area contributed by atoms with Crippen LogP contribution in [0.4, 0.5) is 51.2 Å². The fourth-order valence-electron chi connectivity index (χ4n) is 10.4. The summed E-state index contributed by atoms with van der Waals surface area (Å²) in [5.74, 6) is 0. The summed E-state index contributed by atoms with van der Waals surface area (Å²) >= 11 is 0. The lowest BCUT2D eigenvalue weighted by Gasteiger charge is -2.46. The summed E-state index contributed by atoms with van der Waals surface area (Å²) in [5, 5.41) is 2.46. The molecule has 0 saturated heterocycles. The van der Waals surface area contributed by atoms with Gasteiger partial charge in [0.2, 0.25) is 0 Å². The molecule has 0 unspecified atom stereocenters. The Morgan fingerprint density at radius 3 is 1.70 bits per heavy atom. The molecule has 0 saturated carbocycles. The number of anilines is 9. The van der Waals surface area contributed by atoms with Gasteiger partial charge >= 0.3 is 0 Å². The first-order valence-electron chi connectivity index (χ1n) is 20.9. The zero-order chi connectivity index (χ0) is 39.3. The van der Waals surface area contributed by atoms with Gasteiger partial charge in [0, 0.05) is 62.0 Å². The van der Waals surface area contributed by atoms with Crippen LogP contribution >= 0.6 is 0 Å². The van der Waals surface area contributed by atoms with Crippen LogP contribution in [0.3, 0.4) is 0 Å². The van der Waals surface area contributed by atoms with Crippen molar-refractivity contribution >= 4 is 96.1 Å². The Labute approximate surface area is 349 Å². The molecule has 2 bridgehead atoms. The van der Waals surface area contributed by atoms with E-state index in [0.29, 0.717) is 0 Å². The van der Waals surface area contributed by atoms with Gasteiger partial charge < -0.3 is 19.3 Å². The predicted molar refractivity (Wildman–Crippen MR) is 252 cm³/mol. The third kappa shape index (κ3) is 4.75. The summed E-state index contributed by atoms with van der Waals surface area (Å²) in [6.07, 6.45) is 1.02. The molecular formula is C55H37BN4. The van der Waals surface area contributed by atoms with Gasteiger partial charge in [0.15, 0.2) is 0 Å². The minimum absolute atomic E-state index is 0.0775. The standard InChI is InChI=1S/C55H37BN4/c1-5-17-39(18-6-1)57(50-30-15-26-45-44-25-13-14-27-47(44)60(55(45)50)42-23-11-4-12-24-42)43-31-32-46-51(36-43)58(40-19-7-2-8-20-40)48-28-16-29-49-54(48)56(46)53-38-33-37(34-38)35-52(53)59(49)41-21-9-3-10-22-41/h1-33,35-36H,34H2. The predicted octanol–water partition coefficient (Wildman–Crippen LogP) is 12.2. The highest BCUT2D eigenvalue weighted by Crippen LogP contribution is 2.48. The molecule has 1 aromatic heterocycles. The van der Waals surface area contributed by atoms with E-state index in [1.165, 1.54) is 77.8 Å². The van der Waals surface area contributed by atoms with Gasteiger partial charge in [0.25, 0.3) is 6.71 Å².